The molecule has 6 N–H and O–H groups in total. The minimum absolute atomic E-state index is 0.168. The SMILES string of the molecule is COCCOCCOCCNC(=O)c1ccc(-c2cccc(C[C@H](NC(=O)[C@H]3CC[C@H](CNC(=O)O)CC3)C(=O)Nc3ccc(-c4nnn[nH]4)cc3)c2)c(C)c1. The zero-order valence-electron chi connectivity index (χ0n) is 31.7. The van der Waals surface area contributed by atoms with E-state index in [1.807, 2.05) is 43.3 Å². The van der Waals surface area contributed by atoms with E-state index in [0.717, 1.165) is 27.8 Å². The number of ether oxygens (including phenoxy) is 3. The van der Waals surface area contributed by atoms with Gasteiger partial charge in [-0.25, -0.2) is 9.89 Å². The average molecular weight is 771 g/mol. The summed E-state index contributed by atoms with van der Waals surface area (Å²) in [4.78, 5) is 51.3. The summed E-state index contributed by atoms with van der Waals surface area (Å²) >= 11 is 0. The first-order valence-electron chi connectivity index (χ1n) is 18.7. The van der Waals surface area contributed by atoms with Crippen molar-refractivity contribution >= 4 is 29.5 Å². The molecule has 0 saturated heterocycles. The molecule has 298 valence electrons. The van der Waals surface area contributed by atoms with Gasteiger partial charge in [-0.3, -0.25) is 14.4 Å². The number of H-pyrrole nitrogens is 1. The predicted octanol–water partition coefficient (Wildman–Crippen LogP) is 3.99. The fraction of sp³-hybridized carbons (Fsp3) is 0.425. The Balaban J connectivity index is 1.23. The van der Waals surface area contributed by atoms with Crippen molar-refractivity contribution in [1.29, 1.82) is 0 Å². The highest BCUT2D eigenvalue weighted by atomic mass is 16.5. The molecule has 1 atom stereocenters. The number of carbonyl (C=O) groups is 4. The van der Waals surface area contributed by atoms with E-state index in [4.69, 9.17) is 19.3 Å². The lowest BCUT2D eigenvalue weighted by atomic mass is 9.81. The van der Waals surface area contributed by atoms with E-state index in [9.17, 15) is 19.2 Å². The van der Waals surface area contributed by atoms with Crippen LogP contribution in [-0.2, 0) is 30.2 Å². The molecule has 56 heavy (non-hydrogen) atoms. The molecule has 0 bridgehead atoms. The molecule has 1 saturated carbocycles. The van der Waals surface area contributed by atoms with Crippen LogP contribution in [0.3, 0.4) is 0 Å². The summed E-state index contributed by atoms with van der Waals surface area (Å²) in [5, 5.41) is 34.1. The number of methoxy groups -OCH3 is 1. The van der Waals surface area contributed by atoms with Crippen molar-refractivity contribution < 1.29 is 38.5 Å². The number of carbonyl (C=O) groups excluding carboxylic acids is 3. The molecule has 4 amide bonds. The molecule has 0 aliphatic heterocycles. The molecule has 1 heterocycles. The number of aromatic amines is 1. The third-order valence-electron chi connectivity index (χ3n) is 9.67. The minimum atomic E-state index is -1.06. The van der Waals surface area contributed by atoms with Crippen LogP contribution in [0, 0.1) is 18.8 Å². The maximum atomic E-state index is 13.9. The van der Waals surface area contributed by atoms with E-state index >= 15 is 0 Å². The second kappa shape index (κ2) is 21.4. The Morgan fingerprint density at radius 1 is 0.875 bits per heavy atom. The topological polar surface area (TPSA) is 219 Å². The van der Waals surface area contributed by atoms with Crippen LogP contribution in [0.5, 0.6) is 0 Å². The van der Waals surface area contributed by atoms with Gasteiger partial charge in [0.1, 0.15) is 6.04 Å². The molecule has 0 spiro atoms. The van der Waals surface area contributed by atoms with Gasteiger partial charge in [0.05, 0.1) is 33.0 Å². The third-order valence-corrected chi connectivity index (χ3v) is 9.67. The average Bonchev–Trinajstić information content (AvgIpc) is 3.75. The number of amides is 4. The number of hydrogen-bond acceptors (Lipinski definition) is 10. The Morgan fingerprint density at radius 2 is 1.62 bits per heavy atom. The number of anilines is 1. The van der Waals surface area contributed by atoms with Crippen LogP contribution in [0.15, 0.2) is 66.7 Å². The molecular weight excluding hydrogens is 720 g/mol. The van der Waals surface area contributed by atoms with Crippen molar-refractivity contribution in [1.82, 2.24) is 36.6 Å². The van der Waals surface area contributed by atoms with Crippen LogP contribution in [0.1, 0.15) is 47.2 Å². The normalized spacial score (nSPS) is 15.8. The molecule has 0 radical (unpaired) electrons. The van der Waals surface area contributed by atoms with Gasteiger partial charge in [0.2, 0.25) is 11.8 Å². The van der Waals surface area contributed by atoms with Gasteiger partial charge < -0.3 is 40.6 Å². The van der Waals surface area contributed by atoms with E-state index < -0.39 is 12.1 Å². The van der Waals surface area contributed by atoms with Crippen molar-refractivity contribution in [2.24, 2.45) is 11.8 Å². The van der Waals surface area contributed by atoms with Crippen LogP contribution in [0.2, 0.25) is 0 Å². The Morgan fingerprint density at radius 3 is 2.32 bits per heavy atom. The van der Waals surface area contributed by atoms with Gasteiger partial charge in [-0.2, -0.15) is 0 Å². The van der Waals surface area contributed by atoms with Crippen LogP contribution in [0.4, 0.5) is 10.5 Å². The number of hydrogen-bond donors (Lipinski definition) is 6. The number of benzene rings is 3. The lowest BCUT2D eigenvalue weighted by molar-refractivity contribution is -0.130. The fourth-order valence-electron chi connectivity index (χ4n) is 6.61. The van der Waals surface area contributed by atoms with Crippen molar-refractivity contribution in [3.8, 4) is 22.5 Å². The van der Waals surface area contributed by atoms with E-state index in [-0.39, 0.29) is 36.0 Å². The second-order valence-corrected chi connectivity index (χ2v) is 13.7. The van der Waals surface area contributed by atoms with Gasteiger partial charge in [-0.1, -0.05) is 30.3 Å². The number of aryl methyl sites for hydroxylation is 1. The second-order valence-electron chi connectivity index (χ2n) is 13.7. The number of rotatable bonds is 20. The molecule has 3 aromatic carbocycles. The van der Waals surface area contributed by atoms with Crippen LogP contribution in [0.25, 0.3) is 22.5 Å². The van der Waals surface area contributed by atoms with Crippen molar-refractivity contribution in [2.45, 2.75) is 45.1 Å². The Hall–Kier alpha value is -5.71. The van der Waals surface area contributed by atoms with Crippen molar-refractivity contribution in [2.75, 3.05) is 58.6 Å². The van der Waals surface area contributed by atoms with Crippen LogP contribution >= 0.6 is 0 Å². The monoisotopic (exact) mass is 770 g/mol. The summed E-state index contributed by atoms with van der Waals surface area (Å²) in [6.45, 7) is 4.95. The largest absolute Gasteiger partial charge is 0.465 e. The van der Waals surface area contributed by atoms with Gasteiger partial charge in [0.15, 0.2) is 5.82 Å². The smallest absolute Gasteiger partial charge is 0.404 e. The van der Waals surface area contributed by atoms with Gasteiger partial charge in [0, 0.05) is 49.4 Å². The minimum Gasteiger partial charge on any atom is -0.465 e. The first-order chi connectivity index (χ1) is 27.2. The number of tetrazole rings is 1. The zero-order valence-corrected chi connectivity index (χ0v) is 31.7. The molecular formula is C40H50N8O8. The summed E-state index contributed by atoms with van der Waals surface area (Å²) < 4.78 is 15.8. The number of nitrogens with zero attached hydrogens (tertiary/aromatic N) is 3. The molecule has 5 rings (SSSR count). The Kier molecular flexibility index (Phi) is 15.8. The lowest BCUT2D eigenvalue weighted by Crippen LogP contribution is -2.48. The standard InChI is InChI=1S/C40H50N8O8/c1-26-22-32(37(49)41-16-17-55-20-21-56-19-18-54-2)12-15-34(26)31-5-3-4-28(23-31)24-35(44-38(50)30-8-6-27(7-9-30)25-42-40(52)53)39(51)43-33-13-10-29(11-14-33)36-45-47-48-46-36/h3-5,10-15,22-23,27,30,35,42H,6-9,16-21,24-25H2,1-2H3,(H,41,49)(H,43,51)(H,44,50)(H,52,53)(H,45,46,47,48)/t27-,30-,35-/m0/s1. The highest BCUT2D eigenvalue weighted by molar-refractivity contribution is 5.98. The van der Waals surface area contributed by atoms with E-state index in [1.54, 1.807) is 37.4 Å². The first-order valence-corrected chi connectivity index (χ1v) is 18.7. The van der Waals surface area contributed by atoms with Gasteiger partial charge in [0.25, 0.3) is 5.91 Å². The predicted molar refractivity (Wildman–Crippen MR) is 208 cm³/mol. The number of aromatic nitrogens is 4. The summed E-state index contributed by atoms with van der Waals surface area (Å²) in [5.41, 5.74) is 5.40. The molecule has 16 nitrogen and oxygen atoms in total. The molecule has 1 fully saturated rings. The molecule has 0 unspecified atom stereocenters. The quantitative estimate of drug-likeness (QED) is 0.0706. The Labute approximate surface area is 325 Å². The molecule has 1 aliphatic rings. The summed E-state index contributed by atoms with van der Waals surface area (Å²) in [7, 11) is 1.62. The highest BCUT2D eigenvalue weighted by Gasteiger charge is 2.30. The molecule has 1 aliphatic carbocycles. The maximum absolute atomic E-state index is 13.9. The summed E-state index contributed by atoms with van der Waals surface area (Å²) in [6.07, 6.45) is 1.80. The van der Waals surface area contributed by atoms with Crippen molar-refractivity contribution in [3.63, 3.8) is 0 Å². The maximum Gasteiger partial charge on any atom is 0.404 e. The molecule has 16 heteroatoms. The van der Waals surface area contributed by atoms with Crippen LogP contribution < -0.4 is 21.3 Å². The third kappa shape index (κ3) is 12.7. The van der Waals surface area contributed by atoms with Gasteiger partial charge >= 0.3 is 6.09 Å². The van der Waals surface area contributed by atoms with Crippen LogP contribution in [-0.4, -0.2) is 109 Å². The highest BCUT2D eigenvalue weighted by Crippen LogP contribution is 2.29. The van der Waals surface area contributed by atoms with Crippen molar-refractivity contribution in [3.05, 3.63) is 83.4 Å². The van der Waals surface area contributed by atoms with E-state index in [0.29, 0.717) is 88.9 Å². The Bertz CT molecular complexity index is 1880. The first kappa shape index (κ1) is 41.5. The summed E-state index contributed by atoms with van der Waals surface area (Å²) in [5.74, 6) is -0.405. The molecule has 1 aromatic heterocycles. The fourth-order valence-corrected chi connectivity index (χ4v) is 6.61. The lowest BCUT2D eigenvalue weighted by Gasteiger charge is -2.29. The van der Waals surface area contributed by atoms with Gasteiger partial charge in [-0.15, -0.1) is 5.10 Å². The summed E-state index contributed by atoms with van der Waals surface area (Å²) in [6, 6.07) is 19.5. The zero-order chi connectivity index (χ0) is 39.7. The van der Waals surface area contributed by atoms with E-state index in [1.165, 1.54) is 0 Å². The van der Waals surface area contributed by atoms with E-state index in [2.05, 4.69) is 41.9 Å². The van der Waals surface area contributed by atoms with Gasteiger partial charge in [-0.05, 0) is 108 Å². The number of carboxylic acid groups (broad SMARTS) is 1. The number of nitrogens with one attached hydrogen (secondary N) is 5. The molecule has 4 aromatic rings.